The van der Waals surface area contributed by atoms with Crippen LogP contribution in [-0.2, 0) is 28.5 Å². The van der Waals surface area contributed by atoms with E-state index >= 15 is 0 Å². The topological polar surface area (TPSA) is 84.5 Å². The molecule has 8 heteroatoms. The Kier molecular flexibility index (Phi) is 8.71. The van der Waals surface area contributed by atoms with Crippen LogP contribution >= 0.6 is 0 Å². The van der Waals surface area contributed by atoms with Crippen LogP contribution in [0.5, 0.6) is 5.75 Å². The van der Waals surface area contributed by atoms with Gasteiger partial charge in [0.25, 0.3) is 0 Å². The van der Waals surface area contributed by atoms with Crippen molar-refractivity contribution in [2.45, 2.75) is 64.3 Å². The van der Waals surface area contributed by atoms with Gasteiger partial charge in [-0.3, -0.25) is 4.79 Å². The van der Waals surface area contributed by atoms with Gasteiger partial charge in [-0.2, -0.15) is 0 Å². The number of hydrogen-bond acceptors (Lipinski definition) is 8. The van der Waals surface area contributed by atoms with Gasteiger partial charge in [0.1, 0.15) is 23.6 Å². The summed E-state index contributed by atoms with van der Waals surface area (Å²) in [6, 6.07) is 6.91. The van der Waals surface area contributed by atoms with E-state index in [9.17, 15) is 4.79 Å². The molecule has 1 aromatic carbocycles. The van der Waals surface area contributed by atoms with Gasteiger partial charge in [-0.1, -0.05) is 0 Å². The third-order valence-electron chi connectivity index (χ3n) is 5.10. The summed E-state index contributed by atoms with van der Waals surface area (Å²) in [4.78, 5) is 13.0. The van der Waals surface area contributed by atoms with Crippen molar-refractivity contribution >= 4 is 11.7 Å². The molecule has 0 bridgehead atoms. The van der Waals surface area contributed by atoms with Gasteiger partial charge in [0.15, 0.2) is 5.79 Å². The first-order valence-corrected chi connectivity index (χ1v) is 10.5. The minimum atomic E-state index is -1.12. The second-order valence-corrected chi connectivity index (χ2v) is 8.91. The maximum atomic E-state index is 13.0. The first-order chi connectivity index (χ1) is 14.5. The molecule has 0 aromatic heterocycles. The summed E-state index contributed by atoms with van der Waals surface area (Å²) >= 11 is 0. The van der Waals surface area contributed by atoms with E-state index in [4.69, 9.17) is 28.4 Å². The highest BCUT2D eigenvalue weighted by Crippen LogP contribution is 2.37. The van der Waals surface area contributed by atoms with Crippen molar-refractivity contribution in [3.63, 3.8) is 0 Å². The zero-order chi connectivity index (χ0) is 23.2. The molecule has 8 nitrogen and oxygen atoms in total. The maximum Gasteiger partial charge on any atom is 0.311 e. The molecule has 1 saturated heterocycles. The lowest BCUT2D eigenvalue weighted by Gasteiger charge is -2.38. The molecule has 1 aliphatic rings. The van der Waals surface area contributed by atoms with Crippen molar-refractivity contribution in [2.75, 3.05) is 39.9 Å². The van der Waals surface area contributed by atoms with Gasteiger partial charge < -0.3 is 33.7 Å². The molecule has 0 saturated carbocycles. The number of nitrogens with one attached hydrogen (secondary N) is 1. The average molecular weight is 440 g/mol. The summed E-state index contributed by atoms with van der Waals surface area (Å²) in [5.74, 6) is -1.30. The zero-order valence-corrected chi connectivity index (χ0v) is 19.9. The predicted octanol–water partition coefficient (Wildman–Crippen LogP) is 3.25. The highest BCUT2D eigenvalue weighted by atomic mass is 16.8. The number of esters is 1. The second kappa shape index (κ2) is 10.6. The molecule has 0 amide bonds. The number of hydrogen-bond donors (Lipinski definition) is 1. The van der Waals surface area contributed by atoms with E-state index in [-0.39, 0.29) is 18.2 Å². The Morgan fingerprint density at radius 1 is 1.06 bits per heavy atom. The van der Waals surface area contributed by atoms with Crippen molar-refractivity contribution in [2.24, 2.45) is 5.92 Å². The van der Waals surface area contributed by atoms with Gasteiger partial charge in [-0.15, -0.1) is 0 Å². The van der Waals surface area contributed by atoms with E-state index in [0.29, 0.717) is 13.2 Å². The average Bonchev–Trinajstić information content (AvgIpc) is 3.01. The van der Waals surface area contributed by atoms with Crippen LogP contribution in [0.25, 0.3) is 0 Å². The van der Waals surface area contributed by atoms with Gasteiger partial charge in [0.2, 0.25) is 0 Å². The standard InChI is InChI=1S/C23H37NO7/c1-15(21(25)31-22(2,3)4)20(24-16-9-11-17(28-8)12-10-16)23(5)29-18(13-26-6)19(30-23)14-27-7/h9-12,15,18-20,24H,13-14H2,1-8H3/t15-,18+,19+,20-/m1/s1. The highest BCUT2D eigenvalue weighted by molar-refractivity contribution is 5.74. The second-order valence-electron chi connectivity index (χ2n) is 8.91. The molecule has 0 aliphatic carbocycles. The van der Waals surface area contributed by atoms with Crippen LogP contribution in [0.2, 0.25) is 0 Å². The number of anilines is 1. The van der Waals surface area contributed by atoms with Crippen molar-refractivity contribution < 1.29 is 33.2 Å². The molecule has 176 valence electrons. The molecule has 1 aromatic rings. The van der Waals surface area contributed by atoms with Gasteiger partial charge in [0, 0.05) is 19.9 Å². The van der Waals surface area contributed by atoms with Crippen molar-refractivity contribution in [1.29, 1.82) is 0 Å². The van der Waals surface area contributed by atoms with Gasteiger partial charge >= 0.3 is 5.97 Å². The van der Waals surface area contributed by atoms with Crippen molar-refractivity contribution in [1.82, 2.24) is 0 Å². The summed E-state index contributed by atoms with van der Waals surface area (Å²) in [7, 11) is 4.83. The third-order valence-corrected chi connectivity index (χ3v) is 5.10. The zero-order valence-electron chi connectivity index (χ0n) is 19.9. The Morgan fingerprint density at radius 2 is 1.58 bits per heavy atom. The first kappa shape index (κ1) is 25.4. The molecule has 31 heavy (non-hydrogen) atoms. The number of ether oxygens (including phenoxy) is 6. The van der Waals surface area contributed by atoms with Crippen LogP contribution < -0.4 is 10.1 Å². The molecule has 1 heterocycles. The van der Waals surface area contributed by atoms with Crippen LogP contribution in [-0.4, -0.2) is 70.2 Å². The van der Waals surface area contributed by atoms with E-state index in [1.807, 2.05) is 58.9 Å². The number of carbonyl (C=O) groups is 1. The predicted molar refractivity (Wildman–Crippen MR) is 117 cm³/mol. The lowest BCUT2D eigenvalue weighted by molar-refractivity contribution is -0.194. The number of rotatable bonds is 10. The lowest BCUT2D eigenvalue weighted by Crippen LogP contribution is -2.53. The van der Waals surface area contributed by atoms with Crippen LogP contribution in [0.3, 0.4) is 0 Å². The van der Waals surface area contributed by atoms with Crippen LogP contribution in [0.4, 0.5) is 5.69 Å². The number of carbonyl (C=O) groups excluding carboxylic acids is 1. The summed E-state index contributed by atoms with van der Waals surface area (Å²) < 4.78 is 34.1. The minimum Gasteiger partial charge on any atom is -0.497 e. The van der Waals surface area contributed by atoms with E-state index in [1.54, 1.807) is 21.3 Å². The van der Waals surface area contributed by atoms with E-state index in [2.05, 4.69) is 5.32 Å². The van der Waals surface area contributed by atoms with Gasteiger partial charge in [-0.25, -0.2) is 0 Å². The Balaban J connectivity index is 2.34. The first-order valence-electron chi connectivity index (χ1n) is 10.5. The quantitative estimate of drug-likeness (QED) is 0.556. The Morgan fingerprint density at radius 3 is 2.00 bits per heavy atom. The summed E-state index contributed by atoms with van der Waals surface area (Å²) in [5, 5.41) is 3.42. The van der Waals surface area contributed by atoms with Crippen molar-refractivity contribution in [3.8, 4) is 5.75 Å². The fourth-order valence-corrected chi connectivity index (χ4v) is 3.65. The van der Waals surface area contributed by atoms with Gasteiger partial charge in [-0.05, 0) is 58.9 Å². The van der Waals surface area contributed by atoms with E-state index in [0.717, 1.165) is 11.4 Å². The molecule has 1 fully saturated rings. The molecule has 1 aliphatic heterocycles. The molecular weight excluding hydrogens is 402 g/mol. The SMILES string of the molecule is COC[C@@H]1OC(C)([C@H](Nc2ccc(OC)cc2)[C@@H](C)C(=O)OC(C)(C)C)O[C@H]1COC. The monoisotopic (exact) mass is 439 g/mol. The fourth-order valence-electron chi connectivity index (χ4n) is 3.65. The minimum absolute atomic E-state index is 0.332. The maximum absolute atomic E-state index is 13.0. The van der Waals surface area contributed by atoms with Crippen molar-refractivity contribution in [3.05, 3.63) is 24.3 Å². The third kappa shape index (κ3) is 6.80. The summed E-state index contributed by atoms with van der Waals surface area (Å²) in [6.07, 6.45) is -0.665. The molecule has 4 atom stereocenters. The normalized spacial score (nSPS) is 22.6. The molecule has 2 rings (SSSR count). The van der Waals surface area contributed by atoms with E-state index in [1.165, 1.54) is 0 Å². The van der Waals surface area contributed by atoms with E-state index < -0.39 is 23.3 Å². The summed E-state index contributed by atoms with van der Waals surface area (Å²) in [5.41, 5.74) is 0.194. The molecule has 0 unspecified atom stereocenters. The number of benzene rings is 1. The Bertz CT molecular complexity index is 687. The van der Waals surface area contributed by atoms with Crippen LogP contribution in [0, 0.1) is 5.92 Å². The number of methoxy groups -OCH3 is 3. The molecule has 1 N–H and O–H groups in total. The summed E-state index contributed by atoms with van der Waals surface area (Å²) in [6.45, 7) is 9.86. The smallest absolute Gasteiger partial charge is 0.311 e. The lowest BCUT2D eigenvalue weighted by atomic mass is 9.93. The Labute approximate surface area is 185 Å². The van der Waals surface area contributed by atoms with Crippen LogP contribution in [0.1, 0.15) is 34.6 Å². The Hall–Kier alpha value is -1.87. The largest absolute Gasteiger partial charge is 0.497 e. The molecule has 0 radical (unpaired) electrons. The molecular formula is C23H37NO7. The highest BCUT2D eigenvalue weighted by Gasteiger charge is 2.52. The van der Waals surface area contributed by atoms with Crippen LogP contribution in [0.15, 0.2) is 24.3 Å². The van der Waals surface area contributed by atoms with Gasteiger partial charge in [0.05, 0.1) is 32.3 Å². The fraction of sp³-hybridized carbons (Fsp3) is 0.696. The molecule has 0 spiro atoms.